The Morgan fingerprint density at radius 2 is 1.76 bits per heavy atom. The fourth-order valence-electron chi connectivity index (χ4n) is 6.37. The Labute approximate surface area is 198 Å². The van der Waals surface area contributed by atoms with E-state index in [1.54, 1.807) is 14.1 Å². The Balaban J connectivity index is 1.85. The lowest BCUT2D eigenvalue weighted by Crippen LogP contribution is -2.74. The van der Waals surface area contributed by atoms with Gasteiger partial charge in [-0.2, -0.15) is 0 Å². The Hall–Kier alpha value is -2.91. The van der Waals surface area contributed by atoms with Gasteiger partial charge in [0.2, 0.25) is 5.91 Å². The Morgan fingerprint density at radius 3 is 2.32 bits per heavy atom. The van der Waals surface area contributed by atoms with E-state index in [2.05, 4.69) is 0 Å². The van der Waals surface area contributed by atoms with E-state index in [4.69, 9.17) is 5.73 Å². The third-order valence-electron chi connectivity index (χ3n) is 7.90. The van der Waals surface area contributed by atoms with Crippen molar-refractivity contribution < 1.29 is 29.1 Å². The van der Waals surface area contributed by atoms with Gasteiger partial charge in [0, 0.05) is 30.3 Å². The first-order chi connectivity index (χ1) is 16.0. The van der Waals surface area contributed by atoms with Gasteiger partial charge in [-0.3, -0.25) is 28.9 Å². The topological polar surface area (TPSA) is 138 Å². The van der Waals surface area contributed by atoms with Crippen LogP contribution in [0.5, 0.6) is 0 Å². The molecule has 0 spiro atoms. The third kappa shape index (κ3) is 3.17. The van der Waals surface area contributed by atoms with Gasteiger partial charge in [0.25, 0.3) is 0 Å². The molecule has 3 aliphatic carbocycles. The van der Waals surface area contributed by atoms with Gasteiger partial charge < -0.3 is 15.7 Å². The first kappa shape index (κ1) is 24.2. The fourth-order valence-corrected chi connectivity index (χ4v) is 6.37. The molecule has 34 heavy (non-hydrogen) atoms. The molecule has 0 aliphatic heterocycles. The number of nitrogens with zero attached hydrogens (tertiary/aromatic N) is 2. The highest BCUT2D eigenvalue weighted by atomic mass is 16.3. The molecule has 0 radical (unpaired) electrons. The summed E-state index contributed by atoms with van der Waals surface area (Å²) >= 11 is 0. The van der Waals surface area contributed by atoms with Crippen LogP contribution in [0.1, 0.15) is 36.2 Å². The van der Waals surface area contributed by atoms with Crippen molar-refractivity contribution in [2.75, 3.05) is 32.1 Å². The second kappa shape index (κ2) is 8.39. The first-order valence-corrected chi connectivity index (χ1v) is 11.7. The highest BCUT2D eigenvalue weighted by Crippen LogP contribution is 2.50. The van der Waals surface area contributed by atoms with Crippen molar-refractivity contribution in [3.63, 3.8) is 0 Å². The minimum absolute atomic E-state index is 0.124. The molecular formula is C25H31N3O6. The summed E-state index contributed by atoms with van der Waals surface area (Å²) in [6.45, 7) is 5.28. The predicted molar refractivity (Wildman–Crippen MR) is 123 cm³/mol. The number of carbonyl (C=O) groups is 5. The first-order valence-electron chi connectivity index (χ1n) is 11.7. The van der Waals surface area contributed by atoms with Gasteiger partial charge in [-0.05, 0) is 58.3 Å². The number of Topliss-reactive ketones (excluding diaryl/α,β-unsaturated/α-hetero) is 4. The van der Waals surface area contributed by atoms with Crippen molar-refractivity contribution in [3.05, 3.63) is 29.3 Å². The Kier molecular flexibility index (Phi) is 5.98. The zero-order valence-electron chi connectivity index (χ0n) is 19.9. The lowest BCUT2D eigenvalue weighted by Gasteiger charge is -2.52. The number of anilines is 1. The maximum atomic E-state index is 13.8. The summed E-state index contributed by atoms with van der Waals surface area (Å²) in [7, 11) is 3.18. The maximum Gasteiger partial charge on any atom is 0.235 e. The number of ketones is 4. The number of fused-ring (bicyclic) bond motifs is 3. The molecular weight excluding hydrogens is 438 g/mol. The molecule has 3 N–H and O–H groups in total. The Morgan fingerprint density at radius 1 is 1.12 bits per heavy atom. The van der Waals surface area contributed by atoms with E-state index < -0.39 is 64.4 Å². The van der Waals surface area contributed by atoms with Crippen LogP contribution in [0.2, 0.25) is 0 Å². The summed E-state index contributed by atoms with van der Waals surface area (Å²) in [5, 5.41) is 11.6. The molecule has 6 atom stereocenters. The van der Waals surface area contributed by atoms with E-state index in [1.165, 1.54) is 4.90 Å². The molecule has 0 bridgehead atoms. The molecule has 4 rings (SSSR count). The van der Waals surface area contributed by atoms with E-state index in [9.17, 15) is 29.1 Å². The molecule has 9 nitrogen and oxygen atoms in total. The van der Waals surface area contributed by atoms with Crippen LogP contribution in [0.4, 0.5) is 5.69 Å². The number of amides is 1. The molecule has 0 saturated heterocycles. The summed E-state index contributed by atoms with van der Waals surface area (Å²) in [6, 6.07) is 4.54. The number of likely N-dealkylation sites (N-methyl/N-ethyl adjacent to an activating group) is 1. The summed E-state index contributed by atoms with van der Waals surface area (Å²) in [6.07, 6.45) is 0.542. The van der Waals surface area contributed by atoms with E-state index in [1.807, 2.05) is 36.9 Å². The molecule has 4 unspecified atom stereocenters. The molecule has 2 fully saturated rings. The van der Waals surface area contributed by atoms with Crippen molar-refractivity contribution in [2.24, 2.45) is 29.4 Å². The van der Waals surface area contributed by atoms with Crippen molar-refractivity contribution in [3.8, 4) is 0 Å². The van der Waals surface area contributed by atoms with Gasteiger partial charge in [-0.15, -0.1) is 0 Å². The zero-order valence-corrected chi connectivity index (χ0v) is 19.9. The van der Waals surface area contributed by atoms with Crippen LogP contribution in [0, 0.1) is 23.7 Å². The van der Waals surface area contributed by atoms with Gasteiger partial charge >= 0.3 is 0 Å². The maximum absolute atomic E-state index is 13.8. The normalized spacial score (nSPS) is 32.8. The second-order valence-corrected chi connectivity index (χ2v) is 9.77. The summed E-state index contributed by atoms with van der Waals surface area (Å²) < 4.78 is 0. The smallest absolute Gasteiger partial charge is 0.235 e. The van der Waals surface area contributed by atoms with Crippen LogP contribution in [-0.4, -0.2) is 77.9 Å². The molecule has 182 valence electrons. The van der Waals surface area contributed by atoms with E-state index in [0.717, 1.165) is 11.3 Å². The minimum Gasteiger partial charge on any atom is -0.374 e. The van der Waals surface area contributed by atoms with Crippen LogP contribution >= 0.6 is 0 Å². The lowest BCUT2D eigenvalue weighted by atomic mass is 9.52. The van der Waals surface area contributed by atoms with Gasteiger partial charge in [-0.25, -0.2) is 0 Å². The van der Waals surface area contributed by atoms with Gasteiger partial charge in [-0.1, -0.05) is 12.1 Å². The number of hydrogen-bond donors (Lipinski definition) is 2. The van der Waals surface area contributed by atoms with Gasteiger partial charge in [0.15, 0.2) is 34.7 Å². The van der Waals surface area contributed by atoms with E-state index in [-0.39, 0.29) is 6.42 Å². The fraction of sp³-hybridized carbons (Fsp3) is 0.560. The number of hydrogen-bond acceptors (Lipinski definition) is 8. The average Bonchev–Trinajstić information content (AvgIpc) is 2.76. The number of benzene rings is 1. The third-order valence-corrected chi connectivity index (χ3v) is 7.90. The quantitative estimate of drug-likeness (QED) is 0.575. The van der Waals surface area contributed by atoms with E-state index >= 15 is 0 Å². The molecule has 9 heteroatoms. The molecule has 3 aliphatic rings. The number of primary amides is 1. The standard InChI is InChI=1S/C25H31N3O6/c1-5-28(6-2)15-9-7-8-12-10-13-11-14-19(27(3)4)21(30)18(24(26)33)23(32)25(14,34)22(31)17(13)20(29)16(12)15/h7-9,13-14,17-19,34H,5-6,10-11H2,1-4H3,(H2,26,33)/t13?,14?,17?,18?,19-,25-/m0/s1. The lowest BCUT2D eigenvalue weighted by molar-refractivity contribution is -0.181. The SMILES string of the molecule is CCN(CC)c1cccc2c1C(=O)C1C(=O)[C@]3(O)C(=O)C(C(N)=O)C(=O)[C@@H](N(C)C)C3CC1C2. The van der Waals surface area contributed by atoms with Crippen LogP contribution in [0.3, 0.4) is 0 Å². The Bertz CT molecular complexity index is 1090. The largest absolute Gasteiger partial charge is 0.374 e. The van der Waals surface area contributed by atoms with Crippen LogP contribution < -0.4 is 10.6 Å². The average molecular weight is 470 g/mol. The molecule has 0 heterocycles. The number of carbonyl (C=O) groups excluding carboxylic acids is 5. The van der Waals surface area contributed by atoms with Crippen molar-refractivity contribution in [1.82, 2.24) is 4.90 Å². The van der Waals surface area contributed by atoms with Gasteiger partial charge in [0.1, 0.15) is 0 Å². The second-order valence-electron chi connectivity index (χ2n) is 9.77. The predicted octanol–water partition coefficient (Wildman–Crippen LogP) is 0.00760. The molecule has 2 saturated carbocycles. The monoisotopic (exact) mass is 469 g/mol. The zero-order chi connectivity index (χ0) is 25.1. The summed E-state index contributed by atoms with van der Waals surface area (Å²) in [5.74, 6) is -9.13. The number of rotatable bonds is 5. The minimum atomic E-state index is -2.62. The van der Waals surface area contributed by atoms with Crippen molar-refractivity contribution >= 4 is 34.7 Å². The van der Waals surface area contributed by atoms with E-state index in [0.29, 0.717) is 25.1 Å². The van der Waals surface area contributed by atoms with Gasteiger partial charge in [0.05, 0.1) is 12.0 Å². The van der Waals surface area contributed by atoms with Crippen LogP contribution in [0.25, 0.3) is 0 Å². The molecule has 1 aromatic rings. The molecule has 0 aromatic heterocycles. The summed E-state index contributed by atoms with van der Waals surface area (Å²) in [4.78, 5) is 69.5. The highest BCUT2D eigenvalue weighted by molar-refractivity contribution is 6.32. The van der Waals surface area contributed by atoms with Crippen LogP contribution in [-0.2, 0) is 25.6 Å². The molecule has 1 aromatic carbocycles. The highest BCUT2D eigenvalue weighted by Gasteiger charge is 2.69. The van der Waals surface area contributed by atoms with Crippen molar-refractivity contribution in [1.29, 1.82) is 0 Å². The van der Waals surface area contributed by atoms with Crippen molar-refractivity contribution in [2.45, 2.75) is 38.3 Å². The molecule has 1 amide bonds. The number of aliphatic hydroxyl groups is 1. The van der Waals surface area contributed by atoms with Crippen LogP contribution in [0.15, 0.2) is 18.2 Å². The summed E-state index contributed by atoms with van der Waals surface area (Å²) in [5.41, 5.74) is 4.71. The number of nitrogens with two attached hydrogens (primary N) is 1.